The van der Waals surface area contributed by atoms with Crippen molar-refractivity contribution < 1.29 is 9.47 Å². The molecule has 0 saturated carbocycles. The van der Waals surface area contributed by atoms with Gasteiger partial charge in [0, 0.05) is 31.4 Å². The van der Waals surface area contributed by atoms with Crippen molar-refractivity contribution in [2.24, 2.45) is 0 Å². The summed E-state index contributed by atoms with van der Waals surface area (Å²) in [5.74, 6) is 2.37. The smallest absolute Gasteiger partial charge is 0.221 e. The lowest BCUT2D eigenvalue weighted by atomic mass is 10.1. The fraction of sp³-hybridized carbons (Fsp3) is 0.500. The summed E-state index contributed by atoms with van der Waals surface area (Å²) in [7, 11) is 3.46. The summed E-state index contributed by atoms with van der Waals surface area (Å²) in [6, 6.07) is 6.52. The Labute approximate surface area is 160 Å². The second-order valence-corrected chi connectivity index (χ2v) is 6.84. The van der Waals surface area contributed by atoms with Crippen LogP contribution in [0.1, 0.15) is 26.2 Å². The number of nitrogens with two attached hydrogens (primary N) is 1. The predicted octanol–water partition coefficient (Wildman–Crippen LogP) is 3.03. The summed E-state index contributed by atoms with van der Waals surface area (Å²) in [5, 5.41) is 3.06. The van der Waals surface area contributed by atoms with Gasteiger partial charge in [-0.3, -0.25) is 0 Å². The Morgan fingerprint density at radius 3 is 2.89 bits per heavy atom. The van der Waals surface area contributed by atoms with Gasteiger partial charge < -0.3 is 25.4 Å². The number of methoxy groups -OCH3 is 1. The van der Waals surface area contributed by atoms with Crippen LogP contribution in [0.25, 0.3) is 11.1 Å². The number of nitrogen functional groups attached to an aromatic ring is 1. The van der Waals surface area contributed by atoms with Crippen LogP contribution < -0.4 is 20.5 Å². The number of ether oxygens (including phenoxy) is 2. The average Bonchev–Trinajstić information content (AvgIpc) is 3.09. The monoisotopic (exact) mass is 371 g/mol. The third-order valence-corrected chi connectivity index (χ3v) is 5.06. The molecule has 1 fully saturated rings. The van der Waals surface area contributed by atoms with Crippen molar-refractivity contribution in [2.45, 2.75) is 32.2 Å². The van der Waals surface area contributed by atoms with Crippen molar-refractivity contribution in [3.8, 4) is 22.6 Å². The number of nitrogens with one attached hydrogen (secondary N) is 1. The molecule has 146 valence electrons. The molecule has 27 heavy (non-hydrogen) atoms. The predicted molar refractivity (Wildman–Crippen MR) is 108 cm³/mol. The third-order valence-electron chi connectivity index (χ3n) is 5.06. The van der Waals surface area contributed by atoms with Gasteiger partial charge in [-0.15, -0.1) is 0 Å². The highest BCUT2D eigenvalue weighted by Crippen LogP contribution is 2.35. The number of nitrogens with zero attached hydrogens (tertiary/aromatic N) is 3. The lowest BCUT2D eigenvalue weighted by Gasteiger charge is -2.21. The van der Waals surface area contributed by atoms with E-state index in [2.05, 4.69) is 27.1 Å². The van der Waals surface area contributed by atoms with E-state index in [1.807, 2.05) is 25.2 Å². The zero-order chi connectivity index (χ0) is 19.2. The number of hydrogen-bond acceptors (Lipinski definition) is 7. The SMILES string of the molecule is CNc1nc(N)ncc1-c1ccc(OC)c(OCCCN2CCCC2C)c1. The maximum Gasteiger partial charge on any atom is 0.221 e. The van der Waals surface area contributed by atoms with Crippen LogP contribution in [0, 0.1) is 0 Å². The molecule has 1 aliphatic heterocycles. The molecule has 1 saturated heterocycles. The maximum absolute atomic E-state index is 6.04. The highest BCUT2D eigenvalue weighted by molar-refractivity contribution is 5.76. The van der Waals surface area contributed by atoms with E-state index in [0.29, 0.717) is 18.5 Å². The van der Waals surface area contributed by atoms with Gasteiger partial charge in [-0.25, -0.2) is 4.98 Å². The number of anilines is 2. The van der Waals surface area contributed by atoms with E-state index in [1.54, 1.807) is 13.3 Å². The Bertz CT molecular complexity index is 768. The second kappa shape index (κ2) is 8.90. The van der Waals surface area contributed by atoms with Gasteiger partial charge in [0.25, 0.3) is 0 Å². The summed E-state index contributed by atoms with van der Waals surface area (Å²) in [5.41, 5.74) is 7.50. The first-order valence-corrected chi connectivity index (χ1v) is 9.48. The van der Waals surface area contributed by atoms with Crippen molar-refractivity contribution >= 4 is 11.8 Å². The normalized spacial score (nSPS) is 17.1. The second-order valence-electron chi connectivity index (χ2n) is 6.84. The van der Waals surface area contributed by atoms with Gasteiger partial charge in [0.05, 0.1) is 13.7 Å². The Kier molecular flexibility index (Phi) is 6.34. The van der Waals surface area contributed by atoms with Crippen molar-refractivity contribution in [2.75, 3.05) is 44.9 Å². The molecule has 7 nitrogen and oxygen atoms in total. The molecule has 0 amide bonds. The first-order chi connectivity index (χ1) is 13.1. The van der Waals surface area contributed by atoms with Gasteiger partial charge in [0.1, 0.15) is 5.82 Å². The van der Waals surface area contributed by atoms with E-state index < -0.39 is 0 Å². The quantitative estimate of drug-likeness (QED) is 0.690. The molecule has 0 spiro atoms. The molecule has 1 aromatic heterocycles. The largest absolute Gasteiger partial charge is 0.493 e. The van der Waals surface area contributed by atoms with Crippen LogP contribution in [0.15, 0.2) is 24.4 Å². The fourth-order valence-corrected chi connectivity index (χ4v) is 3.53. The third kappa shape index (κ3) is 4.60. The van der Waals surface area contributed by atoms with Crippen molar-refractivity contribution in [3.05, 3.63) is 24.4 Å². The Balaban J connectivity index is 1.70. The highest BCUT2D eigenvalue weighted by atomic mass is 16.5. The molecular formula is C20H29N5O2. The fourth-order valence-electron chi connectivity index (χ4n) is 3.53. The van der Waals surface area contributed by atoms with Gasteiger partial charge >= 0.3 is 0 Å². The van der Waals surface area contributed by atoms with Gasteiger partial charge in [-0.05, 0) is 50.4 Å². The zero-order valence-electron chi connectivity index (χ0n) is 16.4. The summed E-state index contributed by atoms with van der Waals surface area (Å²) in [4.78, 5) is 10.9. The average molecular weight is 371 g/mol. The minimum Gasteiger partial charge on any atom is -0.493 e. The molecule has 1 unspecified atom stereocenters. The number of hydrogen-bond donors (Lipinski definition) is 2. The van der Waals surface area contributed by atoms with E-state index in [4.69, 9.17) is 15.2 Å². The number of rotatable bonds is 8. The number of likely N-dealkylation sites (tertiary alicyclic amines) is 1. The van der Waals surface area contributed by atoms with E-state index >= 15 is 0 Å². The molecule has 1 aromatic carbocycles. The Morgan fingerprint density at radius 1 is 1.33 bits per heavy atom. The summed E-state index contributed by atoms with van der Waals surface area (Å²) in [6.07, 6.45) is 5.31. The molecule has 1 atom stereocenters. The highest BCUT2D eigenvalue weighted by Gasteiger charge is 2.19. The standard InChI is InChI=1S/C20H29N5O2/c1-14-6-4-9-25(14)10-5-11-27-18-12-15(7-8-17(18)26-3)16-13-23-20(21)24-19(16)22-2/h7-8,12-14H,4-6,9-11H2,1-3H3,(H3,21,22,23,24). The first-order valence-electron chi connectivity index (χ1n) is 9.48. The Hall–Kier alpha value is -2.54. The molecule has 2 heterocycles. The molecule has 0 aliphatic carbocycles. The van der Waals surface area contributed by atoms with Crippen LogP contribution in [0.5, 0.6) is 11.5 Å². The molecule has 1 aliphatic rings. The van der Waals surface area contributed by atoms with Crippen LogP contribution in [-0.2, 0) is 0 Å². The van der Waals surface area contributed by atoms with Crippen molar-refractivity contribution in [1.82, 2.24) is 14.9 Å². The first kappa shape index (κ1) is 19.2. The Morgan fingerprint density at radius 2 is 2.19 bits per heavy atom. The lowest BCUT2D eigenvalue weighted by molar-refractivity contribution is 0.226. The van der Waals surface area contributed by atoms with Gasteiger partial charge in [-0.1, -0.05) is 6.07 Å². The van der Waals surface area contributed by atoms with Crippen LogP contribution >= 0.6 is 0 Å². The summed E-state index contributed by atoms with van der Waals surface area (Å²) in [6.45, 7) is 5.22. The molecule has 3 N–H and O–H groups in total. The van der Waals surface area contributed by atoms with Crippen LogP contribution in [-0.4, -0.2) is 54.8 Å². The van der Waals surface area contributed by atoms with Gasteiger partial charge in [0.2, 0.25) is 5.95 Å². The topological polar surface area (TPSA) is 85.5 Å². The van der Waals surface area contributed by atoms with Crippen LogP contribution in [0.3, 0.4) is 0 Å². The minimum absolute atomic E-state index is 0.240. The molecule has 2 aromatic rings. The van der Waals surface area contributed by atoms with E-state index in [-0.39, 0.29) is 5.95 Å². The van der Waals surface area contributed by atoms with Gasteiger partial charge in [0.15, 0.2) is 11.5 Å². The lowest BCUT2D eigenvalue weighted by Crippen LogP contribution is -2.28. The molecule has 0 radical (unpaired) electrons. The molecular weight excluding hydrogens is 342 g/mol. The molecule has 0 bridgehead atoms. The summed E-state index contributed by atoms with van der Waals surface area (Å²) < 4.78 is 11.5. The summed E-state index contributed by atoms with van der Waals surface area (Å²) >= 11 is 0. The van der Waals surface area contributed by atoms with Crippen LogP contribution in [0.4, 0.5) is 11.8 Å². The minimum atomic E-state index is 0.240. The van der Waals surface area contributed by atoms with Crippen LogP contribution in [0.2, 0.25) is 0 Å². The number of aromatic nitrogens is 2. The van der Waals surface area contributed by atoms with Crippen molar-refractivity contribution in [1.29, 1.82) is 0 Å². The number of benzene rings is 1. The zero-order valence-corrected chi connectivity index (χ0v) is 16.4. The molecule has 3 rings (SSSR count). The van der Waals surface area contributed by atoms with E-state index in [9.17, 15) is 0 Å². The van der Waals surface area contributed by atoms with E-state index in [1.165, 1.54) is 19.4 Å². The van der Waals surface area contributed by atoms with Gasteiger partial charge in [-0.2, -0.15) is 4.98 Å². The van der Waals surface area contributed by atoms with E-state index in [0.717, 1.165) is 35.6 Å². The maximum atomic E-state index is 6.04. The molecule has 7 heteroatoms. The van der Waals surface area contributed by atoms with Crippen molar-refractivity contribution in [3.63, 3.8) is 0 Å².